The summed E-state index contributed by atoms with van der Waals surface area (Å²) in [6.07, 6.45) is 1.31. The SMILES string of the molecule is COc1cccc(OCC(=O)N2CCc3nc(C(=O)Nc4ccccc4N)sc3C2)c1.CS(=O)(=O)O. The Morgan fingerprint density at radius 3 is 2.58 bits per heavy atom. The summed E-state index contributed by atoms with van der Waals surface area (Å²) >= 11 is 1.29. The van der Waals surface area contributed by atoms with Gasteiger partial charge in [-0.25, -0.2) is 4.98 Å². The maximum Gasteiger partial charge on any atom is 0.284 e. The van der Waals surface area contributed by atoms with Crippen LogP contribution >= 0.6 is 11.3 Å². The van der Waals surface area contributed by atoms with E-state index in [4.69, 9.17) is 19.8 Å². The van der Waals surface area contributed by atoms with Crippen molar-refractivity contribution in [1.82, 2.24) is 9.88 Å². The predicted molar refractivity (Wildman–Crippen MR) is 136 cm³/mol. The minimum atomic E-state index is -3.67. The van der Waals surface area contributed by atoms with E-state index in [1.165, 1.54) is 11.3 Å². The molecule has 192 valence electrons. The molecule has 0 saturated carbocycles. The summed E-state index contributed by atoms with van der Waals surface area (Å²) in [5.41, 5.74) is 7.78. The molecule has 0 radical (unpaired) electrons. The lowest BCUT2D eigenvalue weighted by Gasteiger charge is -2.26. The van der Waals surface area contributed by atoms with Gasteiger partial charge in [0.1, 0.15) is 11.5 Å². The molecule has 2 heterocycles. The van der Waals surface area contributed by atoms with Gasteiger partial charge >= 0.3 is 0 Å². The third-order valence-electron chi connectivity index (χ3n) is 4.89. The highest BCUT2D eigenvalue weighted by Gasteiger charge is 2.26. The zero-order valence-corrected chi connectivity index (χ0v) is 21.3. The third-order valence-corrected chi connectivity index (χ3v) is 5.97. The number of ether oxygens (including phenoxy) is 2. The highest BCUT2D eigenvalue weighted by atomic mass is 32.2. The lowest BCUT2D eigenvalue weighted by molar-refractivity contribution is -0.134. The summed E-state index contributed by atoms with van der Waals surface area (Å²) in [6, 6.07) is 14.2. The number of carbonyl (C=O) groups excluding carboxylic acids is 2. The number of nitrogen functional groups attached to an aromatic ring is 1. The minimum Gasteiger partial charge on any atom is -0.497 e. The smallest absolute Gasteiger partial charge is 0.284 e. The zero-order chi connectivity index (χ0) is 26.3. The molecule has 0 bridgehead atoms. The Bertz CT molecular complexity index is 1330. The van der Waals surface area contributed by atoms with Crippen LogP contribution in [0.25, 0.3) is 0 Å². The maximum absolute atomic E-state index is 12.6. The molecule has 0 atom stereocenters. The number of benzene rings is 2. The molecule has 11 nitrogen and oxygen atoms in total. The van der Waals surface area contributed by atoms with Crippen LogP contribution in [0.2, 0.25) is 0 Å². The summed E-state index contributed by atoms with van der Waals surface area (Å²) in [5, 5.41) is 3.15. The first kappa shape index (κ1) is 26.9. The molecule has 4 rings (SSSR count). The van der Waals surface area contributed by atoms with Gasteiger partial charge in [-0.3, -0.25) is 14.1 Å². The molecular formula is C23H26N4O7S2. The Hall–Kier alpha value is -3.68. The number of nitrogens with two attached hydrogens (primary N) is 1. The monoisotopic (exact) mass is 534 g/mol. The highest BCUT2D eigenvalue weighted by Crippen LogP contribution is 2.27. The minimum absolute atomic E-state index is 0.0675. The molecule has 2 amide bonds. The fourth-order valence-corrected chi connectivity index (χ4v) is 4.24. The molecule has 1 aromatic heterocycles. The van der Waals surface area contributed by atoms with Gasteiger partial charge in [0.2, 0.25) is 0 Å². The second kappa shape index (κ2) is 11.8. The van der Waals surface area contributed by atoms with Crippen LogP contribution in [-0.2, 0) is 27.9 Å². The van der Waals surface area contributed by atoms with Crippen LogP contribution in [0.15, 0.2) is 48.5 Å². The van der Waals surface area contributed by atoms with Crippen molar-refractivity contribution in [3.05, 3.63) is 64.1 Å². The standard InChI is InChI=1S/C22H22N4O4S.CH4O3S/c1-29-14-5-4-6-15(11-14)30-13-20(27)26-10-9-18-19(12-26)31-22(25-18)21(28)24-17-8-3-2-7-16(17)23;1-5(2,3)4/h2-8,11H,9-10,12-13,23H2,1H3,(H,24,28);1H3,(H,2,3,4). The summed E-state index contributed by atoms with van der Waals surface area (Å²) in [5.74, 6) is 0.809. The number of thiazole rings is 1. The second-order valence-corrected chi connectivity index (χ2v) is 10.2. The van der Waals surface area contributed by atoms with Gasteiger partial charge in [-0.1, -0.05) is 18.2 Å². The van der Waals surface area contributed by atoms with Crippen molar-refractivity contribution < 1.29 is 32.0 Å². The molecule has 1 aliphatic rings. The number of carbonyl (C=O) groups is 2. The average Bonchev–Trinajstić information content (AvgIpc) is 3.27. The van der Waals surface area contributed by atoms with E-state index in [9.17, 15) is 18.0 Å². The van der Waals surface area contributed by atoms with Gasteiger partial charge in [0.05, 0.1) is 37.0 Å². The molecule has 2 aromatic carbocycles. The fourth-order valence-electron chi connectivity index (χ4n) is 3.22. The van der Waals surface area contributed by atoms with Gasteiger partial charge in [-0.2, -0.15) is 8.42 Å². The number of aromatic nitrogens is 1. The normalized spacial score (nSPS) is 12.6. The number of hydrogen-bond donors (Lipinski definition) is 3. The average molecular weight is 535 g/mol. The Kier molecular flexibility index (Phi) is 8.85. The number of para-hydroxylation sites is 2. The van der Waals surface area contributed by atoms with E-state index in [1.807, 2.05) is 6.07 Å². The number of methoxy groups -OCH3 is 1. The Morgan fingerprint density at radius 2 is 1.89 bits per heavy atom. The van der Waals surface area contributed by atoms with Crippen LogP contribution in [0.5, 0.6) is 11.5 Å². The molecule has 13 heteroatoms. The molecule has 1 aliphatic heterocycles. The first-order valence-electron chi connectivity index (χ1n) is 10.6. The van der Waals surface area contributed by atoms with E-state index in [-0.39, 0.29) is 18.4 Å². The Morgan fingerprint density at radius 1 is 1.19 bits per heavy atom. The molecule has 4 N–H and O–H groups in total. The number of anilines is 2. The van der Waals surface area contributed by atoms with E-state index in [2.05, 4.69) is 10.3 Å². The van der Waals surface area contributed by atoms with E-state index < -0.39 is 10.1 Å². The van der Waals surface area contributed by atoms with Crippen molar-refractivity contribution in [1.29, 1.82) is 0 Å². The van der Waals surface area contributed by atoms with Crippen LogP contribution in [0, 0.1) is 0 Å². The van der Waals surface area contributed by atoms with E-state index in [0.717, 1.165) is 10.6 Å². The van der Waals surface area contributed by atoms with Gasteiger partial charge in [0.25, 0.3) is 21.9 Å². The summed E-state index contributed by atoms with van der Waals surface area (Å²) < 4.78 is 36.6. The Balaban J connectivity index is 0.000000658. The van der Waals surface area contributed by atoms with Crippen LogP contribution in [-0.4, -0.2) is 61.2 Å². The van der Waals surface area contributed by atoms with Crippen LogP contribution in [0.4, 0.5) is 11.4 Å². The predicted octanol–water partition coefficient (Wildman–Crippen LogP) is 2.45. The van der Waals surface area contributed by atoms with Crippen molar-refractivity contribution in [3.8, 4) is 11.5 Å². The molecule has 0 saturated heterocycles. The van der Waals surface area contributed by atoms with Crippen LogP contribution in [0.3, 0.4) is 0 Å². The number of amides is 2. The molecule has 0 unspecified atom stereocenters. The molecule has 36 heavy (non-hydrogen) atoms. The number of hydrogen-bond acceptors (Lipinski definition) is 9. The summed E-state index contributed by atoms with van der Waals surface area (Å²) in [4.78, 5) is 32.3. The topological polar surface area (TPSA) is 161 Å². The first-order chi connectivity index (χ1) is 17.0. The van der Waals surface area contributed by atoms with Gasteiger partial charge in [-0.15, -0.1) is 11.3 Å². The van der Waals surface area contributed by atoms with Gasteiger partial charge in [-0.05, 0) is 24.3 Å². The molecule has 0 fully saturated rings. The largest absolute Gasteiger partial charge is 0.497 e. The lowest BCUT2D eigenvalue weighted by atomic mass is 10.2. The molecular weight excluding hydrogens is 508 g/mol. The summed E-state index contributed by atoms with van der Waals surface area (Å²) in [6.45, 7) is 0.875. The van der Waals surface area contributed by atoms with E-state index >= 15 is 0 Å². The van der Waals surface area contributed by atoms with Gasteiger partial charge in [0, 0.05) is 23.9 Å². The highest BCUT2D eigenvalue weighted by molar-refractivity contribution is 7.85. The lowest BCUT2D eigenvalue weighted by Crippen LogP contribution is -2.38. The van der Waals surface area contributed by atoms with Crippen molar-refractivity contribution in [2.45, 2.75) is 13.0 Å². The number of fused-ring (bicyclic) bond motifs is 1. The molecule has 3 aromatic rings. The third kappa shape index (κ3) is 7.93. The summed E-state index contributed by atoms with van der Waals surface area (Å²) in [7, 11) is -2.09. The van der Waals surface area contributed by atoms with Crippen molar-refractivity contribution in [2.24, 2.45) is 0 Å². The fraction of sp³-hybridized carbons (Fsp3) is 0.261. The number of nitrogens with one attached hydrogen (secondary N) is 1. The van der Waals surface area contributed by atoms with Gasteiger partial charge in [0.15, 0.2) is 11.6 Å². The Labute approximate surface area is 212 Å². The molecule has 0 aliphatic carbocycles. The van der Waals surface area contributed by atoms with Crippen LogP contribution < -0.4 is 20.5 Å². The van der Waals surface area contributed by atoms with Crippen molar-refractivity contribution in [3.63, 3.8) is 0 Å². The van der Waals surface area contributed by atoms with Gasteiger partial charge < -0.3 is 25.4 Å². The number of rotatable bonds is 6. The quantitative estimate of drug-likeness (QED) is 0.319. The maximum atomic E-state index is 12.6. The van der Waals surface area contributed by atoms with Crippen molar-refractivity contribution in [2.75, 3.05) is 37.6 Å². The number of nitrogens with zero attached hydrogens (tertiary/aromatic N) is 2. The second-order valence-electron chi connectivity index (χ2n) is 7.70. The van der Waals surface area contributed by atoms with E-state index in [1.54, 1.807) is 54.5 Å². The van der Waals surface area contributed by atoms with Crippen molar-refractivity contribution >= 4 is 44.6 Å². The zero-order valence-electron chi connectivity index (χ0n) is 19.6. The van der Waals surface area contributed by atoms with Crippen LogP contribution in [0.1, 0.15) is 20.4 Å². The van der Waals surface area contributed by atoms with E-state index in [0.29, 0.717) is 53.6 Å². The molecule has 0 spiro atoms. The first-order valence-corrected chi connectivity index (χ1v) is 13.3.